The van der Waals surface area contributed by atoms with Crippen molar-refractivity contribution in [2.75, 3.05) is 29.9 Å². The normalized spacial score (nSPS) is 16.2. The highest BCUT2D eigenvalue weighted by molar-refractivity contribution is 5.73. The fraction of sp³-hybridized carbons (Fsp3) is 0.571. The van der Waals surface area contributed by atoms with Crippen LogP contribution in [0.3, 0.4) is 0 Å². The maximum atomic E-state index is 11.0. The molecule has 0 bridgehead atoms. The van der Waals surface area contributed by atoms with Crippen LogP contribution in [0.5, 0.6) is 0 Å². The second-order valence-electron chi connectivity index (χ2n) is 4.87. The Bertz CT molecular complexity index is 427. The van der Waals surface area contributed by atoms with Gasteiger partial charge in [-0.1, -0.05) is 6.07 Å². The molecule has 1 aliphatic heterocycles. The molecule has 0 radical (unpaired) electrons. The lowest BCUT2D eigenvalue weighted by Gasteiger charge is -2.33. The molecule has 1 saturated heterocycles. The van der Waals surface area contributed by atoms with E-state index in [1.165, 1.54) is 0 Å². The smallest absolute Gasteiger partial charge is 0.217 e. The maximum absolute atomic E-state index is 11.0. The van der Waals surface area contributed by atoms with E-state index in [1.54, 1.807) is 6.92 Å². The third-order valence-corrected chi connectivity index (χ3v) is 3.32. The summed E-state index contributed by atoms with van der Waals surface area (Å²) in [7, 11) is 0. The van der Waals surface area contributed by atoms with E-state index in [0.29, 0.717) is 6.04 Å². The van der Waals surface area contributed by atoms with Gasteiger partial charge in [0.25, 0.3) is 0 Å². The summed E-state index contributed by atoms with van der Waals surface area (Å²) < 4.78 is 0. The average molecular weight is 262 g/mol. The molecule has 19 heavy (non-hydrogen) atoms. The number of carbonyl (C=O) groups is 1. The van der Waals surface area contributed by atoms with Gasteiger partial charge in [0.05, 0.1) is 0 Å². The van der Waals surface area contributed by atoms with Gasteiger partial charge < -0.3 is 15.5 Å². The van der Waals surface area contributed by atoms with Gasteiger partial charge in [-0.05, 0) is 31.9 Å². The second-order valence-corrected chi connectivity index (χ2v) is 4.87. The van der Waals surface area contributed by atoms with Crippen molar-refractivity contribution in [3.8, 4) is 0 Å². The van der Waals surface area contributed by atoms with Gasteiger partial charge in [-0.25, -0.2) is 4.98 Å². The predicted molar refractivity (Wildman–Crippen MR) is 77.5 cm³/mol. The summed E-state index contributed by atoms with van der Waals surface area (Å²) >= 11 is 0. The Balaban J connectivity index is 1.93. The first-order valence-electron chi connectivity index (χ1n) is 6.92. The zero-order valence-corrected chi connectivity index (χ0v) is 11.6. The highest BCUT2D eigenvalue weighted by atomic mass is 16.1. The molecule has 2 N–H and O–H groups in total. The molecule has 5 nitrogen and oxygen atoms in total. The summed E-state index contributed by atoms with van der Waals surface area (Å²) in [6.07, 6.45) is 1.96. The first kappa shape index (κ1) is 13.6. The van der Waals surface area contributed by atoms with Gasteiger partial charge in [0.2, 0.25) is 5.91 Å². The number of nitrogens with zero attached hydrogens (tertiary/aromatic N) is 2. The van der Waals surface area contributed by atoms with E-state index in [9.17, 15) is 4.79 Å². The molecule has 1 aromatic heterocycles. The SMILES string of the molecule is CCNc1cccc(N2CCC(NC(C)=O)CC2)n1. The van der Waals surface area contributed by atoms with Crippen molar-refractivity contribution in [1.29, 1.82) is 0 Å². The van der Waals surface area contributed by atoms with Crippen LogP contribution in [0, 0.1) is 0 Å². The van der Waals surface area contributed by atoms with Gasteiger partial charge in [-0.3, -0.25) is 4.79 Å². The van der Waals surface area contributed by atoms with Crippen molar-refractivity contribution in [2.24, 2.45) is 0 Å². The fourth-order valence-electron chi connectivity index (χ4n) is 2.42. The van der Waals surface area contributed by atoms with Crippen molar-refractivity contribution >= 4 is 17.5 Å². The molecule has 2 heterocycles. The summed E-state index contributed by atoms with van der Waals surface area (Å²) in [6.45, 7) is 6.39. The van der Waals surface area contributed by atoms with E-state index >= 15 is 0 Å². The van der Waals surface area contributed by atoms with Crippen LogP contribution in [-0.4, -0.2) is 36.6 Å². The van der Waals surface area contributed by atoms with Crippen molar-refractivity contribution in [3.05, 3.63) is 18.2 Å². The van der Waals surface area contributed by atoms with Gasteiger partial charge in [0, 0.05) is 32.6 Å². The molecule has 1 amide bonds. The zero-order valence-electron chi connectivity index (χ0n) is 11.6. The number of hydrogen-bond acceptors (Lipinski definition) is 4. The number of carbonyl (C=O) groups excluding carboxylic acids is 1. The van der Waals surface area contributed by atoms with Crippen molar-refractivity contribution < 1.29 is 4.79 Å². The molecule has 2 rings (SSSR count). The van der Waals surface area contributed by atoms with Gasteiger partial charge in [-0.15, -0.1) is 0 Å². The molecule has 0 atom stereocenters. The molecule has 0 spiro atoms. The van der Waals surface area contributed by atoms with Crippen LogP contribution in [-0.2, 0) is 4.79 Å². The van der Waals surface area contributed by atoms with Crippen LogP contribution in [0.15, 0.2) is 18.2 Å². The lowest BCUT2D eigenvalue weighted by atomic mass is 10.1. The zero-order chi connectivity index (χ0) is 13.7. The van der Waals surface area contributed by atoms with Gasteiger partial charge in [-0.2, -0.15) is 0 Å². The maximum Gasteiger partial charge on any atom is 0.217 e. The quantitative estimate of drug-likeness (QED) is 0.865. The number of aromatic nitrogens is 1. The lowest BCUT2D eigenvalue weighted by Crippen LogP contribution is -2.44. The summed E-state index contributed by atoms with van der Waals surface area (Å²) in [5.41, 5.74) is 0. The molecule has 1 aliphatic rings. The molecule has 0 aromatic carbocycles. The Morgan fingerprint density at radius 2 is 2.16 bits per heavy atom. The summed E-state index contributed by atoms with van der Waals surface area (Å²) in [4.78, 5) is 17.9. The van der Waals surface area contributed by atoms with Crippen LogP contribution in [0.2, 0.25) is 0 Å². The van der Waals surface area contributed by atoms with Crippen molar-refractivity contribution in [2.45, 2.75) is 32.7 Å². The van der Waals surface area contributed by atoms with Crippen LogP contribution in [0.4, 0.5) is 11.6 Å². The molecule has 104 valence electrons. The minimum absolute atomic E-state index is 0.0609. The number of hydrogen-bond donors (Lipinski definition) is 2. The summed E-state index contributed by atoms with van der Waals surface area (Å²) in [6, 6.07) is 6.36. The topological polar surface area (TPSA) is 57.3 Å². The first-order chi connectivity index (χ1) is 9.19. The third kappa shape index (κ3) is 3.84. The van der Waals surface area contributed by atoms with E-state index in [4.69, 9.17) is 0 Å². The monoisotopic (exact) mass is 262 g/mol. The highest BCUT2D eigenvalue weighted by Gasteiger charge is 2.20. The Kier molecular flexibility index (Phi) is 4.60. The fourth-order valence-corrected chi connectivity index (χ4v) is 2.42. The van der Waals surface area contributed by atoms with Gasteiger partial charge >= 0.3 is 0 Å². The van der Waals surface area contributed by atoms with Crippen LogP contribution >= 0.6 is 0 Å². The third-order valence-electron chi connectivity index (χ3n) is 3.32. The summed E-state index contributed by atoms with van der Waals surface area (Å²) in [5.74, 6) is 1.99. The number of pyridine rings is 1. The standard InChI is InChI=1S/C14H22N4O/c1-3-15-13-5-4-6-14(17-13)18-9-7-12(8-10-18)16-11(2)19/h4-6,12H,3,7-10H2,1-2H3,(H,15,17)(H,16,19). The number of amides is 1. The number of anilines is 2. The van der Waals surface area contributed by atoms with Crippen LogP contribution < -0.4 is 15.5 Å². The molecular formula is C14H22N4O. The molecule has 1 aromatic rings. The average Bonchev–Trinajstić information content (AvgIpc) is 2.40. The van der Waals surface area contributed by atoms with Crippen molar-refractivity contribution in [3.63, 3.8) is 0 Å². The molecular weight excluding hydrogens is 240 g/mol. The van der Waals surface area contributed by atoms with Crippen molar-refractivity contribution in [1.82, 2.24) is 10.3 Å². The minimum Gasteiger partial charge on any atom is -0.370 e. The van der Waals surface area contributed by atoms with Crippen LogP contribution in [0.25, 0.3) is 0 Å². The van der Waals surface area contributed by atoms with E-state index in [1.807, 2.05) is 18.2 Å². The Morgan fingerprint density at radius 3 is 2.79 bits per heavy atom. The Morgan fingerprint density at radius 1 is 1.42 bits per heavy atom. The lowest BCUT2D eigenvalue weighted by molar-refractivity contribution is -0.119. The highest BCUT2D eigenvalue weighted by Crippen LogP contribution is 2.19. The van der Waals surface area contributed by atoms with E-state index in [2.05, 4.69) is 27.4 Å². The first-order valence-corrected chi connectivity index (χ1v) is 6.92. The van der Waals surface area contributed by atoms with Gasteiger partial charge in [0.1, 0.15) is 11.6 Å². The number of nitrogens with one attached hydrogen (secondary N) is 2. The second kappa shape index (κ2) is 6.41. The number of rotatable bonds is 4. The van der Waals surface area contributed by atoms with E-state index < -0.39 is 0 Å². The predicted octanol–water partition coefficient (Wildman–Crippen LogP) is 1.62. The van der Waals surface area contributed by atoms with E-state index in [0.717, 1.165) is 44.1 Å². The molecule has 0 saturated carbocycles. The van der Waals surface area contributed by atoms with E-state index in [-0.39, 0.29) is 5.91 Å². The number of piperidine rings is 1. The minimum atomic E-state index is 0.0609. The largest absolute Gasteiger partial charge is 0.370 e. The molecule has 5 heteroatoms. The molecule has 1 fully saturated rings. The van der Waals surface area contributed by atoms with Gasteiger partial charge in [0.15, 0.2) is 0 Å². The van der Waals surface area contributed by atoms with Crippen LogP contribution in [0.1, 0.15) is 26.7 Å². The molecule has 0 aliphatic carbocycles. The summed E-state index contributed by atoms with van der Waals surface area (Å²) in [5, 5.41) is 6.21. The Hall–Kier alpha value is -1.78. The molecule has 0 unspecified atom stereocenters. The Labute approximate surface area is 114 Å².